The number of halogens is 6. The molecule has 3 aromatic rings. The SMILES string of the molecule is FC(F)(F)c1cc(Sc2ncn[nH]2)c2cccc(C(F)(F)F)c2n1. The maximum atomic E-state index is 13.1. The largest absolute Gasteiger partial charge is 0.433 e. The number of para-hydroxylation sites is 1. The molecular formula is C13H6F6N4S. The van der Waals surface area contributed by atoms with Gasteiger partial charge < -0.3 is 0 Å². The number of hydrogen-bond donors (Lipinski definition) is 1. The van der Waals surface area contributed by atoms with Crippen molar-refractivity contribution in [1.82, 2.24) is 20.2 Å². The van der Waals surface area contributed by atoms with E-state index in [0.29, 0.717) is 12.1 Å². The average Bonchev–Trinajstić information content (AvgIpc) is 2.97. The summed E-state index contributed by atoms with van der Waals surface area (Å²) >= 11 is 0.737. The van der Waals surface area contributed by atoms with Crippen LogP contribution in [0, 0.1) is 0 Å². The van der Waals surface area contributed by atoms with Gasteiger partial charge in [0.25, 0.3) is 0 Å². The quantitative estimate of drug-likeness (QED) is 0.679. The molecule has 0 aliphatic heterocycles. The number of nitrogens with one attached hydrogen (secondary N) is 1. The molecule has 0 saturated heterocycles. The Morgan fingerprint density at radius 2 is 1.75 bits per heavy atom. The van der Waals surface area contributed by atoms with E-state index in [-0.39, 0.29) is 15.4 Å². The first-order valence-electron chi connectivity index (χ1n) is 6.27. The van der Waals surface area contributed by atoms with Crippen molar-refractivity contribution in [1.29, 1.82) is 0 Å². The lowest BCUT2D eigenvalue weighted by Gasteiger charge is -2.14. The number of aromatic amines is 1. The second kappa shape index (κ2) is 5.65. The molecule has 11 heteroatoms. The van der Waals surface area contributed by atoms with Crippen LogP contribution in [0.25, 0.3) is 10.9 Å². The van der Waals surface area contributed by atoms with Gasteiger partial charge in [0, 0.05) is 10.3 Å². The number of fused-ring (bicyclic) bond motifs is 1. The van der Waals surface area contributed by atoms with E-state index in [2.05, 4.69) is 20.2 Å². The second-order valence-electron chi connectivity index (χ2n) is 4.60. The number of aromatic nitrogens is 4. The summed E-state index contributed by atoms with van der Waals surface area (Å²) in [6, 6.07) is 3.77. The van der Waals surface area contributed by atoms with Crippen LogP contribution in [0.3, 0.4) is 0 Å². The number of benzene rings is 1. The van der Waals surface area contributed by atoms with E-state index in [1.165, 1.54) is 6.07 Å². The molecule has 3 rings (SSSR count). The molecule has 0 bridgehead atoms. The summed E-state index contributed by atoms with van der Waals surface area (Å²) in [6.07, 6.45) is -8.58. The monoisotopic (exact) mass is 364 g/mol. The molecule has 2 aromatic heterocycles. The Kier molecular flexibility index (Phi) is 3.90. The number of rotatable bonds is 2. The highest BCUT2D eigenvalue weighted by Gasteiger charge is 2.37. The van der Waals surface area contributed by atoms with Gasteiger partial charge in [-0.3, -0.25) is 5.10 Å². The lowest BCUT2D eigenvalue weighted by atomic mass is 10.1. The van der Waals surface area contributed by atoms with E-state index >= 15 is 0 Å². The maximum Gasteiger partial charge on any atom is 0.433 e. The average molecular weight is 364 g/mol. The molecule has 0 radical (unpaired) electrons. The van der Waals surface area contributed by atoms with Gasteiger partial charge in [-0.05, 0) is 23.9 Å². The summed E-state index contributed by atoms with van der Waals surface area (Å²) in [7, 11) is 0. The Morgan fingerprint density at radius 3 is 2.33 bits per heavy atom. The van der Waals surface area contributed by atoms with Gasteiger partial charge in [0.05, 0.1) is 11.1 Å². The van der Waals surface area contributed by atoms with Crippen molar-refractivity contribution in [3.05, 3.63) is 41.9 Å². The summed E-state index contributed by atoms with van der Waals surface area (Å²) in [6.45, 7) is 0. The molecular weight excluding hydrogens is 358 g/mol. The lowest BCUT2D eigenvalue weighted by Crippen LogP contribution is -2.12. The lowest BCUT2D eigenvalue weighted by molar-refractivity contribution is -0.142. The highest BCUT2D eigenvalue weighted by atomic mass is 32.2. The summed E-state index contributed by atoms with van der Waals surface area (Å²) in [5.74, 6) is 0. The summed E-state index contributed by atoms with van der Waals surface area (Å²) in [4.78, 5) is 6.89. The molecule has 1 N–H and O–H groups in total. The van der Waals surface area contributed by atoms with Crippen LogP contribution < -0.4 is 0 Å². The van der Waals surface area contributed by atoms with Crippen LogP contribution in [0.15, 0.2) is 40.6 Å². The van der Waals surface area contributed by atoms with E-state index in [4.69, 9.17) is 0 Å². The van der Waals surface area contributed by atoms with Crippen LogP contribution in [-0.2, 0) is 12.4 Å². The summed E-state index contributed by atoms with van der Waals surface area (Å²) in [5, 5.41) is 6.07. The van der Waals surface area contributed by atoms with Crippen LogP contribution in [0.1, 0.15) is 11.3 Å². The Morgan fingerprint density at radius 1 is 1.00 bits per heavy atom. The molecule has 0 fully saturated rings. The number of pyridine rings is 1. The third kappa shape index (κ3) is 3.16. The predicted molar refractivity (Wildman–Crippen MR) is 72.3 cm³/mol. The van der Waals surface area contributed by atoms with E-state index in [9.17, 15) is 26.3 Å². The summed E-state index contributed by atoms with van der Waals surface area (Å²) < 4.78 is 78.3. The van der Waals surface area contributed by atoms with Crippen molar-refractivity contribution in [3.63, 3.8) is 0 Å². The maximum absolute atomic E-state index is 13.1. The zero-order valence-electron chi connectivity index (χ0n) is 11.4. The van der Waals surface area contributed by atoms with Crippen molar-refractivity contribution in [3.8, 4) is 0 Å². The van der Waals surface area contributed by atoms with Gasteiger partial charge in [0.15, 0.2) is 5.16 Å². The molecule has 2 heterocycles. The molecule has 1 aromatic carbocycles. The van der Waals surface area contributed by atoms with Gasteiger partial charge in [-0.25, -0.2) is 9.97 Å². The van der Waals surface area contributed by atoms with Crippen LogP contribution in [0.2, 0.25) is 0 Å². The molecule has 0 spiro atoms. The van der Waals surface area contributed by atoms with E-state index < -0.39 is 29.1 Å². The summed E-state index contributed by atoms with van der Waals surface area (Å²) in [5.41, 5.74) is -3.40. The first kappa shape index (κ1) is 16.6. The van der Waals surface area contributed by atoms with Crippen molar-refractivity contribution < 1.29 is 26.3 Å². The molecule has 0 amide bonds. The zero-order chi connectivity index (χ0) is 17.5. The van der Waals surface area contributed by atoms with E-state index in [1.54, 1.807) is 0 Å². The van der Waals surface area contributed by atoms with Crippen molar-refractivity contribution in [2.45, 2.75) is 22.4 Å². The van der Waals surface area contributed by atoms with Crippen molar-refractivity contribution >= 4 is 22.7 Å². The minimum atomic E-state index is -4.89. The van der Waals surface area contributed by atoms with Crippen molar-refractivity contribution in [2.24, 2.45) is 0 Å². The second-order valence-corrected chi connectivity index (χ2v) is 5.63. The molecule has 0 aliphatic carbocycles. The van der Waals surface area contributed by atoms with Crippen LogP contribution >= 0.6 is 11.8 Å². The Balaban J connectivity index is 2.29. The fraction of sp³-hybridized carbons (Fsp3) is 0.154. The van der Waals surface area contributed by atoms with Crippen LogP contribution in [0.5, 0.6) is 0 Å². The highest BCUT2D eigenvalue weighted by molar-refractivity contribution is 7.99. The molecule has 126 valence electrons. The Bertz CT molecular complexity index is 873. The predicted octanol–water partition coefficient (Wildman–Crippen LogP) is 4.54. The minimum absolute atomic E-state index is 0.0563. The smallest absolute Gasteiger partial charge is 0.254 e. The Hall–Kier alpha value is -2.30. The third-order valence-electron chi connectivity index (χ3n) is 3.00. The standard InChI is InChI=1S/C13H6F6N4S/c14-12(15,16)7-3-1-2-6-8(24-11-20-5-21-23-11)4-9(13(17,18)19)22-10(6)7/h1-5H,(H,20,21,23). The van der Waals surface area contributed by atoms with Gasteiger partial charge in [0.2, 0.25) is 0 Å². The minimum Gasteiger partial charge on any atom is -0.254 e. The van der Waals surface area contributed by atoms with E-state index in [0.717, 1.165) is 24.2 Å². The van der Waals surface area contributed by atoms with Crippen LogP contribution in [0.4, 0.5) is 26.3 Å². The molecule has 4 nitrogen and oxygen atoms in total. The normalized spacial score (nSPS) is 12.8. The molecule has 0 aliphatic rings. The van der Waals surface area contributed by atoms with Gasteiger partial charge in [-0.15, -0.1) is 0 Å². The number of nitrogens with zero attached hydrogens (tertiary/aromatic N) is 3. The fourth-order valence-corrected chi connectivity index (χ4v) is 2.88. The van der Waals surface area contributed by atoms with Crippen molar-refractivity contribution in [2.75, 3.05) is 0 Å². The van der Waals surface area contributed by atoms with Gasteiger partial charge in [-0.1, -0.05) is 12.1 Å². The van der Waals surface area contributed by atoms with Gasteiger partial charge >= 0.3 is 12.4 Å². The van der Waals surface area contributed by atoms with E-state index in [1.807, 2.05) is 0 Å². The number of hydrogen-bond acceptors (Lipinski definition) is 4. The zero-order valence-corrected chi connectivity index (χ0v) is 12.2. The third-order valence-corrected chi connectivity index (χ3v) is 3.94. The topological polar surface area (TPSA) is 54.5 Å². The molecule has 0 unspecified atom stereocenters. The molecule has 0 atom stereocenters. The number of alkyl halides is 6. The molecule has 0 saturated carbocycles. The van der Waals surface area contributed by atoms with Gasteiger partial charge in [0.1, 0.15) is 12.0 Å². The first-order valence-corrected chi connectivity index (χ1v) is 7.09. The highest BCUT2D eigenvalue weighted by Crippen LogP contribution is 2.40. The Labute approximate surface area is 134 Å². The number of H-pyrrole nitrogens is 1. The molecule has 24 heavy (non-hydrogen) atoms. The van der Waals surface area contributed by atoms with Crippen LogP contribution in [-0.4, -0.2) is 20.2 Å². The fourth-order valence-electron chi connectivity index (χ4n) is 2.02. The first-order chi connectivity index (χ1) is 11.2. The van der Waals surface area contributed by atoms with Gasteiger partial charge in [-0.2, -0.15) is 31.4 Å².